The minimum atomic E-state index is -0.689. The molecule has 5 rings (SSSR count). The highest BCUT2D eigenvalue weighted by Gasteiger charge is 2.35. The molecule has 0 atom stereocenters. The largest absolute Gasteiger partial charge is 0.344 e. The van der Waals surface area contributed by atoms with Gasteiger partial charge in [-0.2, -0.15) is 0 Å². The van der Waals surface area contributed by atoms with Crippen molar-refractivity contribution in [1.29, 1.82) is 0 Å². The summed E-state index contributed by atoms with van der Waals surface area (Å²) >= 11 is 0. The Balaban J connectivity index is 1.46. The number of nitrogens with one attached hydrogen (secondary N) is 1. The van der Waals surface area contributed by atoms with Gasteiger partial charge in [-0.15, -0.1) is 0 Å². The quantitative estimate of drug-likeness (QED) is 0.592. The van der Waals surface area contributed by atoms with Gasteiger partial charge >= 0.3 is 0 Å². The van der Waals surface area contributed by atoms with Gasteiger partial charge in [0, 0.05) is 5.56 Å². The minimum Gasteiger partial charge on any atom is -0.344 e. The SMILES string of the molecule is CC1(c2ccccc2-c2ccc3[nH]c(C=CC4CCCCC4)nc3c2)OCCO1. The van der Waals surface area contributed by atoms with E-state index >= 15 is 0 Å². The summed E-state index contributed by atoms with van der Waals surface area (Å²) < 4.78 is 11.8. The van der Waals surface area contributed by atoms with Gasteiger partial charge in [0.1, 0.15) is 5.82 Å². The number of hydrogen-bond donors (Lipinski definition) is 1. The van der Waals surface area contributed by atoms with Crippen LogP contribution in [0.3, 0.4) is 0 Å². The van der Waals surface area contributed by atoms with Crippen molar-refractivity contribution >= 4 is 17.1 Å². The Kier molecular flexibility index (Phi) is 4.98. The standard InChI is InChI=1S/C25H28N2O2/c1-25(28-15-16-29-25)21-10-6-5-9-20(21)19-12-13-22-23(17-19)27-24(26-22)14-11-18-7-3-2-4-8-18/h5-6,9-14,17-18H,2-4,7-8,15-16H2,1H3,(H,26,27). The van der Waals surface area contributed by atoms with E-state index in [1.807, 2.05) is 13.0 Å². The number of ether oxygens (including phenoxy) is 2. The molecule has 1 aliphatic carbocycles. The number of fused-ring (bicyclic) bond motifs is 1. The Hall–Kier alpha value is -2.43. The molecule has 2 aliphatic rings. The molecule has 2 heterocycles. The second kappa shape index (κ2) is 7.77. The van der Waals surface area contributed by atoms with E-state index in [9.17, 15) is 0 Å². The third kappa shape index (κ3) is 3.75. The first-order valence-corrected chi connectivity index (χ1v) is 10.8. The Morgan fingerprint density at radius 1 is 1.03 bits per heavy atom. The van der Waals surface area contributed by atoms with Crippen molar-refractivity contribution in [2.45, 2.75) is 44.8 Å². The molecular weight excluding hydrogens is 360 g/mol. The van der Waals surface area contributed by atoms with Crippen molar-refractivity contribution in [3.63, 3.8) is 0 Å². The van der Waals surface area contributed by atoms with Gasteiger partial charge in [0.05, 0.1) is 24.2 Å². The molecule has 0 radical (unpaired) electrons. The van der Waals surface area contributed by atoms with E-state index in [1.54, 1.807) is 0 Å². The van der Waals surface area contributed by atoms with Crippen LogP contribution in [0.15, 0.2) is 48.5 Å². The van der Waals surface area contributed by atoms with Crippen molar-refractivity contribution in [3.8, 4) is 11.1 Å². The van der Waals surface area contributed by atoms with Crippen molar-refractivity contribution in [2.75, 3.05) is 13.2 Å². The summed E-state index contributed by atoms with van der Waals surface area (Å²) in [5.74, 6) is 0.947. The minimum absolute atomic E-state index is 0.625. The van der Waals surface area contributed by atoms with Gasteiger partial charge in [0.15, 0.2) is 5.79 Å². The number of benzene rings is 2. The number of aromatic amines is 1. The summed E-state index contributed by atoms with van der Waals surface area (Å²) in [4.78, 5) is 8.27. The summed E-state index contributed by atoms with van der Waals surface area (Å²) in [7, 11) is 0. The summed E-state index contributed by atoms with van der Waals surface area (Å²) in [6.07, 6.45) is 11.2. The number of aromatic nitrogens is 2. The van der Waals surface area contributed by atoms with Crippen LogP contribution < -0.4 is 0 Å². The Morgan fingerprint density at radius 3 is 2.66 bits per heavy atom. The van der Waals surface area contributed by atoms with Crippen molar-refractivity contribution < 1.29 is 9.47 Å². The van der Waals surface area contributed by atoms with Crippen LogP contribution in [-0.4, -0.2) is 23.2 Å². The van der Waals surface area contributed by atoms with E-state index in [1.165, 1.54) is 32.1 Å². The first kappa shape index (κ1) is 18.6. The molecule has 1 saturated heterocycles. The molecular formula is C25H28N2O2. The van der Waals surface area contributed by atoms with Crippen LogP contribution in [0.4, 0.5) is 0 Å². The molecule has 1 aliphatic heterocycles. The van der Waals surface area contributed by atoms with Gasteiger partial charge in [0.2, 0.25) is 0 Å². The fourth-order valence-corrected chi connectivity index (χ4v) is 4.63. The van der Waals surface area contributed by atoms with E-state index < -0.39 is 5.79 Å². The van der Waals surface area contributed by atoms with Gasteiger partial charge in [-0.25, -0.2) is 4.98 Å². The van der Waals surface area contributed by atoms with Crippen molar-refractivity contribution in [1.82, 2.24) is 9.97 Å². The molecule has 0 bridgehead atoms. The molecule has 1 aromatic heterocycles. The predicted molar refractivity (Wildman–Crippen MR) is 116 cm³/mol. The number of imidazole rings is 1. The number of H-pyrrole nitrogens is 1. The van der Waals surface area contributed by atoms with Gasteiger partial charge in [-0.05, 0) is 55.0 Å². The van der Waals surface area contributed by atoms with Crippen LogP contribution >= 0.6 is 0 Å². The maximum Gasteiger partial charge on any atom is 0.192 e. The summed E-state index contributed by atoms with van der Waals surface area (Å²) in [5.41, 5.74) is 5.36. The zero-order valence-electron chi connectivity index (χ0n) is 17.0. The molecule has 0 amide bonds. The lowest BCUT2D eigenvalue weighted by Gasteiger charge is -2.25. The molecule has 2 fully saturated rings. The Morgan fingerprint density at radius 2 is 1.83 bits per heavy atom. The zero-order chi connectivity index (χ0) is 19.7. The van der Waals surface area contributed by atoms with Gasteiger partial charge < -0.3 is 14.5 Å². The second-order valence-electron chi connectivity index (χ2n) is 8.30. The third-order valence-electron chi connectivity index (χ3n) is 6.24. The Labute approximate surface area is 172 Å². The van der Waals surface area contributed by atoms with Gasteiger partial charge in [-0.1, -0.05) is 55.7 Å². The van der Waals surface area contributed by atoms with Gasteiger partial charge in [-0.3, -0.25) is 0 Å². The molecule has 150 valence electrons. The van der Waals surface area contributed by atoms with Crippen LogP contribution in [0.2, 0.25) is 0 Å². The molecule has 0 spiro atoms. The molecule has 29 heavy (non-hydrogen) atoms. The fraction of sp³-hybridized carbons (Fsp3) is 0.400. The highest BCUT2D eigenvalue weighted by atomic mass is 16.7. The van der Waals surface area contributed by atoms with E-state index in [0.717, 1.165) is 33.5 Å². The molecule has 1 saturated carbocycles. The maximum atomic E-state index is 5.92. The molecule has 3 aromatic rings. The second-order valence-corrected chi connectivity index (χ2v) is 8.30. The third-order valence-corrected chi connectivity index (χ3v) is 6.24. The van der Waals surface area contributed by atoms with Crippen LogP contribution in [0.5, 0.6) is 0 Å². The monoisotopic (exact) mass is 388 g/mol. The van der Waals surface area contributed by atoms with Crippen LogP contribution in [0.1, 0.15) is 50.4 Å². The van der Waals surface area contributed by atoms with Crippen molar-refractivity contribution in [2.24, 2.45) is 5.92 Å². The first-order valence-electron chi connectivity index (χ1n) is 10.8. The molecule has 0 unspecified atom stereocenters. The number of rotatable bonds is 4. The molecule has 4 nitrogen and oxygen atoms in total. The zero-order valence-corrected chi connectivity index (χ0v) is 17.0. The summed E-state index contributed by atoms with van der Waals surface area (Å²) in [5, 5.41) is 0. The first-order chi connectivity index (χ1) is 14.2. The summed E-state index contributed by atoms with van der Waals surface area (Å²) in [6, 6.07) is 14.7. The molecule has 1 N–H and O–H groups in total. The van der Waals surface area contributed by atoms with Gasteiger partial charge in [0.25, 0.3) is 0 Å². The number of hydrogen-bond acceptors (Lipinski definition) is 3. The van der Waals surface area contributed by atoms with Crippen molar-refractivity contribution in [3.05, 3.63) is 59.9 Å². The average molecular weight is 389 g/mol. The summed E-state index contributed by atoms with van der Waals surface area (Å²) in [6.45, 7) is 3.25. The van der Waals surface area contributed by atoms with E-state index in [4.69, 9.17) is 14.5 Å². The number of nitrogens with zero attached hydrogens (tertiary/aromatic N) is 1. The Bertz CT molecular complexity index is 1020. The highest BCUT2D eigenvalue weighted by Crippen LogP contribution is 2.38. The highest BCUT2D eigenvalue weighted by molar-refractivity contribution is 5.84. The van der Waals surface area contributed by atoms with Crippen LogP contribution in [0.25, 0.3) is 28.2 Å². The molecule has 4 heteroatoms. The smallest absolute Gasteiger partial charge is 0.192 e. The van der Waals surface area contributed by atoms with E-state index in [2.05, 4.69) is 53.5 Å². The topological polar surface area (TPSA) is 47.1 Å². The lowest BCUT2D eigenvalue weighted by atomic mass is 9.89. The fourth-order valence-electron chi connectivity index (χ4n) is 4.63. The maximum absolute atomic E-state index is 5.92. The number of allylic oxidation sites excluding steroid dienone is 1. The average Bonchev–Trinajstić information content (AvgIpc) is 3.39. The lowest BCUT2D eigenvalue weighted by molar-refractivity contribution is -0.149. The normalized spacial score (nSPS) is 20.0. The predicted octanol–water partition coefficient (Wildman–Crippen LogP) is 6.04. The molecule has 2 aromatic carbocycles. The van der Waals surface area contributed by atoms with E-state index in [0.29, 0.717) is 19.1 Å². The van der Waals surface area contributed by atoms with Crippen LogP contribution in [-0.2, 0) is 15.3 Å². The van der Waals surface area contributed by atoms with E-state index in [-0.39, 0.29) is 0 Å². The lowest BCUT2D eigenvalue weighted by Crippen LogP contribution is -2.23. The van der Waals surface area contributed by atoms with Crippen LogP contribution in [0, 0.1) is 5.92 Å².